The van der Waals surface area contributed by atoms with Gasteiger partial charge in [-0.1, -0.05) is 6.07 Å². The molecule has 0 aromatic carbocycles. The van der Waals surface area contributed by atoms with E-state index in [9.17, 15) is 9.90 Å². The lowest BCUT2D eigenvalue weighted by Crippen LogP contribution is -2.36. The highest BCUT2D eigenvalue weighted by atomic mass is 32.1. The van der Waals surface area contributed by atoms with E-state index in [0.29, 0.717) is 13.1 Å². The zero-order valence-electron chi connectivity index (χ0n) is 13.7. The monoisotopic (exact) mass is 367 g/mol. The first-order chi connectivity index (χ1) is 11.5. The number of amides is 1. The molecule has 1 aliphatic heterocycles. The molecule has 1 atom stereocenters. The molecule has 0 aliphatic carbocycles. The fourth-order valence-electron chi connectivity index (χ4n) is 3.21. The van der Waals surface area contributed by atoms with Crippen LogP contribution in [0.25, 0.3) is 0 Å². The average Bonchev–Trinajstić information content (AvgIpc) is 3.22. The summed E-state index contributed by atoms with van der Waals surface area (Å²) in [5, 5.41) is 22.0. The summed E-state index contributed by atoms with van der Waals surface area (Å²) in [6.45, 7) is 1.07. The van der Waals surface area contributed by atoms with Gasteiger partial charge in [0.1, 0.15) is 6.10 Å². The third-order valence-corrected chi connectivity index (χ3v) is 6.83. The highest BCUT2D eigenvalue weighted by molar-refractivity contribution is 7.10. The van der Waals surface area contributed by atoms with Crippen LogP contribution in [-0.4, -0.2) is 45.9 Å². The third-order valence-electron chi connectivity index (χ3n) is 4.50. The lowest BCUT2D eigenvalue weighted by Gasteiger charge is -2.30. The van der Waals surface area contributed by atoms with Gasteiger partial charge in [-0.25, -0.2) is 4.79 Å². The molecular weight excluding hydrogens is 346 g/mol. The van der Waals surface area contributed by atoms with Gasteiger partial charge in [-0.05, 0) is 30.2 Å². The molecule has 3 heterocycles. The molecule has 1 amide bonds. The fraction of sp³-hybridized carbons (Fsp3) is 0.500. The summed E-state index contributed by atoms with van der Waals surface area (Å²) >= 11 is 3.14. The SMILES string of the molecule is C/N=c1\sc(C2CCN(C(=O)O)CC2)c(C(O)c2cccs2)n1C. The molecule has 2 aromatic heterocycles. The molecule has 6 nitrogen and oxygen atoms in total. The average molecular weight is 367 g/mol. The maximum atomic E-state index is 11.1. The van der Waals surface area contributed by atoms with Crippen molar-refractivity contribution >= 4 is 28.8 Å². The molecule has 2 N–H and O–H groups in total. The molecule has 0 saturated carbocycles. The standard InChI is InChI=1S/C16H21N3O3S2/c1-17-15-18(2)12(13(20)11-4-3-9-23-11)14(24-15)10-5-7-19(8-6-10)16(21)22/h3-4,9-10,13,20H,5-8H2,1-2H3,(H,21,22)/b17-15-. The van der Waals surface area contributed by atoms with E-state index in [1.807, 2.05) is 29.1 Å². The fourth-order valence-corrected chi connectivity index (χ4v) is 5.20. The maximum absolute atomic E-state index is 11.1. The van der Waals surface area contributed by atoms with E-state index < -0.39 is 12.2 Å². The highest BCUT2D eigenvalue weighted by Gasteiger charge is 2.30. The minimum absolute atomic E-state index is 0.261. The van der Waals surface area contributed by atoms with Crippen LogP contribution >= 0.6 is 22.7 Å². The van der Waals surface area contributed by atoms with Crippen molar-refractivity contribution in [3.05, 3.63) is 37.8 Å². The number of nitrogens with zero attached hydrogens (tertiary/aromatic N) is 3. The van der Waals surface area contributed by atoms with Crippen LogP contribution in [0.2, 0.25) is 0 Å². The Morgan fingerprint density at radius 3 is 2.67 bits per heavy atom. The highest BCUT2D eigenvalue weighted by Crippen LogP contribution is 2.37. The van der Waals surface area contributed by atoms with E-state index in [1.165, 1.54) is 16.2 Å². The van der Waals surface area contributed by atoms with Crippen LogP contribution in [0.1, 0.15) is 40.3 Å². The molecule has 130 valence electrons. The van der Waals surface area contributed by atoms with E-state index in [4.69, 9.17) is 5.11 Å². The van der Waals surface area contributed by atoms with Gasteiger partial charge in [0.2, 0.25) is 0 Å². The van der Waals surface area contributed by atoms with Crippen LogP contribution in [0.5, 0.6) is 0 Å². The number of rotatable bonds is 3. The second-order valence-electron chi connectivity index (χ2n) is 5.88. The zero-order chi connectivity index (χ0) is 17.3. The van der Waals surface area contributed by atoms with Gasteiger partial charge >= 0.3 is 6.09 Å². The minimum atomic E-state index is -0.853. The molecule has 1 fully saturated rings. The number of carbonyl (C=O) groups is 1. The van der Waals surface area contributed by atoms with Gasteiger partial charge in [0.15, 0.2) is 4.80 Å². The van der Waals surface area contributed by atoms with Gasteiger partial charge < -0.3 is 19.7 Å². The Balaban J connectivity index is 1.95. The predicted octanol–water partition coefficient (Wildman–Crippen LogP) is 2.62. The lowest BCUT2D eigenvalue weighted by atomic mass is 9.93. The van der Waals surface area contributed by atoms with Crippen molar-refractivity contribution < 1.29 is 15.0 Å². The number of aliphatic hydroxyl groups is 1. The van der Waals surface area contributed by atoms with Crippen molar-refractivity contribution in [1.29, 1.82) is 0 Å². The van der Waals surface area contributed by atoms with E-state index in [0.717, 1.165) is 33.1 Å². The summed E-state index contributed by atoms with van der Waals surface area (Å²) in [6.07, 6.45) is 0.0304. The van der Waals surface area contributed by atoms with Crippen LogP contribution in [0.15, 0.2) is 22.5 Å². The Morgan fingerprint density at radius 1 is 1.42 bits per heavy atom. The lowest BCUT2D eigenvalue weighted by molar-refractivity contribution is 0.132. The van der Waals surface area contributed by atoms with Crippen molar-refractivity contribution in [1.82, 2.24) is 9.47 Å². The van der Waals surface area contributed by atoms with Gasteiger partial charge in [-0.2, -0.15) is 0 Å². The van der Waals surface area contributed by atoms with Crippen molar-refractivity contribution in [3.8, 4) is 0 Å². The maximum Gasteiger partial charge on any atom is 0.407 e. The summed E-state index contributed by atoms with van der Waals surface area (Å²) in [5.74, 6) is 0.261. The van der Waals surface area contributed by atoms with E-state index >= 15 is 0 Å². The van der Waals surface area contributed by atoms with Crippen LogP contribution in [0.4, 0.5) is 4.79 Å². The molecule has 2 aromatic rings. The molecule has 8 heteroatoms. The number of aliphatic hydroxyl groups excluding tert-OH is 1. The molecule has 3 rings (SSSR count). The summed E-state index contributed by atoms with van der Waals surface area (Å²) in [7, 11) is 3.69. The van der Waals surface area contributed by atoms with Crippen LogP contribution in [0, 0.1) is 0 Å². The summed E-state index contributed by atoms with van der Waals surface area (Å²) in [6, 6.07) is 3.87. The number of carboxylic acid groups (broad SMARTS) is 1. The van der Waals surface area contributed by atoms with E-state index in [1.54, 1.807) is 18.4 Å². The first-order valence-electron chi connectivity index (χ1n) is 7.84. The summed E-state index contributed by atoms with van der Waals surface area (Å²) in [5.41, 5.74) is 0.886. The van der Waals surface area contributed by atoms with Gasteiger partial charge in [-0.15, -0.1) is 22.7 Å². The number of piperidine rings is 1. The van der Waals surface area contributed by atoms with Gasteiger partial charge in [0.25, 0.3) is 0 Å². The van der Waals surface area contributed by atoms with Gasteiger partial charge in [-0.3, -0.25) is 4.99 Å². The number of likely N-dealkylation sites (tertiary alicyclic amines) is 1. The number of thiophene rings is 1. The second kappa shape index (κ2) is 7.08. The van der Waals surface area contributed by atoms with Crippen LogP contribution in [0.3, 0.4) is 0 Å². The molecular formula is C16H21N3O3S2. The molecule has 0 bridgehead atoms. The number of thiazole rings is 1. The Morgan fingerprint density at radius 2 is 2.12 bits per heavy atom. The molecule has 0 radical (unpaired) electrons. The van der Waals surface area contributed by atoms with Crippen LogP contribution in [-0.2, 0) is 7.05 Å². The minimum Gasteiger partial charge on any atom is -0.465 e. The number of hydrogen-bond acceptors (Lipinski definition) is 5. The molecule has 1 aliphatic rings. The Labute approximate surface area is 148 Å². The Bertz CT molecular complexity index is 771. The number of aromatic nitrogens is 1. The smallest absolute Gasteiger partial charge is 0.407 e. The number of hydrogen-bond donors (Lipinski definition) is 2. The first kappa shape index (κ1) is 17.2. The molecule has 0 spiro atoms. The van der Waals surface area contributed by atoms with Crippen molar-refractivity contribution in [2.24, 2.45) is 12.0 Å². The van der Waals surface area contributed by atoms with Gasteiger partial charge in [0.05, 0.1) is 5.69 Å². The second-order valence-corrected chi connectivity index (χ2v) is 7.87. The first-order valence-corrected chi connectivity index (χ1v) is 9.54. The Kier molecular flexibility index (Phi) is 5.07. The molecule has 1 saturated heterocycles. The summed E-state index contributed by atoms with van der Waals surface area (Å²) in [4.78, 5) is 19.8. The van der Waals surface area contributed by atoms with Crippen molar-refractivity contribution in [2.45, 2.75) is 24.9 Å². The van der Waals surface area contributed by atoms with Gasteiger partial charge in [0, 0.05) is 36.9 Å². The predicted molar refractivity (Wildman–Crippen MR) is 94.7 cm³/mol. The Hall–Kier alpha value is -1.64. The quantitative estimate of drug-likeness (QED) is 0.875. The largest absolute Gasteiger partial charge is 0.465 e. The van der Waals surface area contributed by atoms with E-state index in [2.05, 4.69) is 4.99 Å². The zero-order valence-corrected chi connectivity index (χ0v) is 15.3. The van der Waals surface area contributed by atoms with Crippen molar-refractivity contribution in [2.75, 3.05) is 20.1 Å². The third kappa shape index (κ3) is 3.13. The molecule has 1 unspecified atom stereocenters. The summed E-state index contributed by atoms with van der Waals surface area (Å²) < 4.78 is 1.97. The van der Waals surface area contributed by atoms with Crippen molar-refractivity contribution in [3.63, 3.8) is 0 Å². The topological polar surface area (TPSA) is 78.1 Å². The normalized spacial score (nSPS) is 18.1. The molecule has 24 heavy (non-hydrogen) atoms. The van der Waals surface area contributed by atoms with Crippen LogP contribution < -0.4 is 4.80 Å². The van der Waals surface area contributed by atoms with E-state index in [-0.39, 0.29) is 5.92 Å².